The Balaban J connectivity index is 2.01. The molecule has 3 N–H and O–H groups in total. The number of nitrogen functional groups attached to an aromatic ring is 1. The molecule has 0 aromatic heterocycles. The maximum atomic E-state index is 13.2. The van der Waals surface area contributed by atoms with Gasteiger partial charge >= 0.3 is 0 Å². The highest BCUT2D eigenvalue weighted by molar-refractivity contribution is 5.91. The molecule has 1 fully saturated rings. The molecule has 1 amide bonds. The summed E-state index contributed by atoms with van der Waals surface area (Å²) in [5.74, 6) is -0.0931. The van der Waals surface area contributed by atoms with E-state index in [1.807, 2.05) is 0 Å². The number of carbonyl (C=O) groups excluding carboxylic acids is 1. The summed E-state index contributed by atoms with van der Waals surface area (Å²) >= 11 is 0. The van der Waals surface area contributed by atoms with Gasteiger partial charge in [-0.3, -0.25) is 4.79 Å². The predicted octanol–water partition coefficient (Wildman–Crippen LogP) is 2.15. The number of rotatable bonds is 3. The summed E-state index contributed by atoms with van der Waals surface area (Å²) in [4.78, 5) is 11.4. The van der Waals surface area contributed by atoms with Crippen LogP contribution >= 0.6 is 0 Å². The number of halogens is 1. The van der Waals surface area contributed by atoms with Gasteiger partial charge in [-0.2, -0.15) is 0 Å². The molecule has 2 rings (SSSR count). The minimum absolute atomic E-state index is 0.137. The highest BCUT2D eigenvalue weighted by atomic mass is 19.1. The van der Waals surface area contributed by atoms with E-state index in [0.717, 1.165) is 12.8 Å². The monoisotopic (exact) mass is 208 g/mol. The van der Waals surface area contributed by atoms with Crippen LogP contribution in [0.25, 0.3) is 0 Å². The minimum atomic E-state index is -0.451. The van der Waals surface area contributed by atoms with Crippen LogP contribution in [0.3, 0.4) is 0 Å². The fraction of sp³-hybridized carbons (Fsp3) is 0.364. The quantitative estimate of drug-likeness (QED) is 0.748. The molecule has 0 saturated heterocycles. The molecule has 0 unspecified atom stereocenters. The highest BCUT2D eigenvalue weighted by Gasteiger charge is 2.24. The Kier molecular flexibility index (Phi) is 2.58. The number of hydrogen-bond donors (Lipinski definition) is 2. The van der Waals surface area contributed by atoms with E-state index in [-0.39, 0.29) is 11.6 Å². The third kappa shape index (κ3) is 2.68. The van der Waals surface area contributed by atoms with Crippen molar-refractivity contribution in [3.8, 4) is 0 Å². The van der Waals surface area contributed by atoms with Crippen LogP contribution in [0.5, 0.6) is 0 Å². The van der Waals surface area contributed by atoms with Crippen LogP contribution in [0.4, 0.5) is 15.8 Å². The first-order chi connectivity index (χ1) is 7.15. The maximum Gasteiger partial charge on any atom is 0.224 e. The van der Waals surface area contributed by atoms with Crippen LogP contribution in [-0.2, 0) is 4.79 Å². The smallest absolute Gasteiger partial charge is 0.224 e. The van der Waals surface area contributed by atoms with Crippen LogP contribution in [0.2, 0.25) is 0 Å². The lowest BCUT2D eigenvalue weighted by Crippen LogP contribution is -2.13. The molecule has 0 heterocycles. The fourth-order valence-electron chi connectivity index (χ4n) is 1.42. The van der Waals surface area contributed by atoms with Gasteiger partial charge < -0.3 is 11.1 Å². The van der Waals surface area contributed by atoms with Crippen molar-refractivity contribution >= 4 is 17.3 Å². The zero-order chi connectivity index (χ0) is 10.8. The summed E-state index contributed by atoms with van der Waals surface area (Å²) in [6, 6.07) is 4.15. The van der Waals surface area contributed by atoms with Crippen molar-refractivity contribution in [3.63, 3.8) is 0 Å². The normalized spacial score (nSPS) is 15.0. The van der Waals surface area contributed by atoms with Gasteiger partial charge in [0.25, 0.3) is 0 Å². The topological polar surface area (TPSA) is 55.1 Å². The van der Waals surface area contributed by atoms with E-state index >= 15 is 0 Å². The van der Waals surface area contributed by atoms with Gasteiger partial charge in [0.15, 0.2) is 0 Å². The van der Waals surface area contributed by atoms with Crippen LogP contribution in [-0.4, -0.2) is 5.91 Å². The molecule has 1 aliphatic rings. The molecule has 0 spiro atoms. The molecule has 1 saturated carbocycles. The van der Waals surface area contributed by atoms with Crippen molar-refractivity contribution in [1.82, 2.24) is 0 Å². The van der Waals surface area contributed by atoms with Crippen molar-refractivity contribution in [2.45, 2.75) is 19.3 Å². The van der Waals surface area contributed by atoms with Gasteiger partial charge in [0.1, 0.15) is 5.82 Å². The molecule has 0 atom stereocenters. The highest BCUT2D eigenvalue weighted by Crippen LogP contribution is 2.32. The second-order valence-corrected chi connectivity index (χ2v) is 3.93. The average molecular weight is 208 g/mol. The third-order valence-corrected chi connectivity index (χ3v) is 2.44. The molecular formula is C11H13FN2O. The van der Waals surface area contributed by atoms with Crippen molar-refractivity contribution in [3.05, 3.63) is 24.0 Å². The molecule has 0 aliphatic heterocycles. The fourth-order valence-corrected chi connectivity index (χ4v) is 1.42. The van der Waals surface area contributed by atoms with Crippen LogP contribution in [0.15, 0.2) is 18.2 Å². The first-order valence-electron chi connectivity index (χ1n) is 5.00. The van der Waals surface area contributed by atoms with Gasteiger partial charge in [-0.1, -0.05) is 0 Å². The molecule has 1 aromatic rings. The lowest BCUT2D eigenvalue weighted by molar-refractivity contribution is -0.116. The molecule has 4 heteroatoms. The Labute approximate surface area is 87.5 Å². The summed E-state index contributed by atoms with van der Waals surface area (Å²) in [5, 5.41) is 2.53. The largest absolute Gasteiger partial charge is 0.399 e. The molecule has 1 aliphatic carbocycles. The second kappa shape index (κ2) is 3.88. The summed E-state index contributed by atoms with van der Waals surface area (Å²) in [6.45, 7) is 0. The maximum absolute atomic E-state index is 13.2. The van der Waals surface area contributed by atoms with E-state index in [9.17, 15) is 9.18 Å². The van der Waals surface area contributed by atoms with Crippen molar-refractivity contribution in [1.29, 1.82) is 0 Å². The molecule has 15 heavy (non-hydrogen) atoms. The Morgan fingerprint density at radius 1 is 1.53 bits per heavy atom. The summed E-state index contributed by atoms with van der Waals surface area (Å²) in [7, 11) is 0. The molecule has 0 bridgehead atoms. The van der Waals surface area contributed by atoms with Crippen molar-refractivity contribution < 1.29 is 9.18 Å². The van der Waals surface area contributed by atoms with Crippen LogP contribution < -0.4 is 11.1 Å². The lowest BCUT2D eigenvalue weighted by atomic mass is 10.2. The Morgan fingerprint density at radius 3 is 2.93 bits per heavy atom. The van der Waals surface area contributed by atoms with E-state index in [1.165, 1.54) is 18.2 Å². The average Bonchev–Trinajstić information content (AvgIpc) is 2.95. The van der Waals surface area contributed by atoms with Gasteiger partial charge in [-0.15, -0.1) is 0 Å². The van der Waals surface area contributed by atoms with E-state index < -0.39 is 5.82 Å². The predicted molar refractivity (Wildman–Crippen MR) is 56.8 cm³/mol. The Morgan fingerprint density at radius 2 is 2.27 bits per heavy atom. The zero-order valence-corrected chi connectivity index (χ0v) is 8.29. The number of carbonyl (C=O) groups is 1. The molecule has 80 valence electrons. The lowest BCUT2D eigenvalue weighted by Gasteiger charge is -2.06. The van der Waals surface area contributed by atoms with E-state index in [4.69, 9.17) is 5.73 Å². The minimum Gasteiger partial charge on any atom is -0.399 e. The number of anilines is 2. The van der Waals surface area contributed by atoms with E-state index in [2.05, 4.69) is 5.32 Å². The number of benzene rings is 1. The Hall–Kier alpha value is -1.58. The molecular weight excluding hydrogens is 195 g/mol. The standard InChI is InChI=1S/C11H13FN2O/c12-9-4-3-8(13)6-10(9)14-11(15)5-7-1-2-7/h3-4,6-7H,1-2,5,13H2,(H,14,15). The van der Waals surface area contributed by atoms with Gasteiger partial charge in [0.2, 0.25) is 5.91 Å². The number of hydrogen-bond acceptors (Lipinski definition) is 2. The molecule has 1 aromatic carbocycles. The van der Waals surface area contributed by atoms with Gasteiger partial charge in [-0.25, -0.2) is 4.39 Å². The van der Waals surface area contributed by atoms with Crippen LogP contribution in [0.1, 0.15) is 19.3 Å². The second-order valence-electron chi connectivity index (χ2n) is 3.93. The van der Waals surface area contributed by atoms with Crippen molar-refractivity contribution in [2.24, 2.45) is 5.92 Å². The summed E-state index contributed by atoms with van der Waals surface area (Å²) in [5.41, 5.74) is 6.11. The summed E-state index contributed by atoms with van der Waals surface area (Å²) in [6.07, 6.45) is 2.69. The number of amides is 1. The zero-order valence-electron chi connectivity index (χ0n) is 8.29. The number of nitrogens with one attached hydrogen (secondary N) is 1. The SMILES string of the molecule is Nc1ccc(F)c(NC(=O)CC2CC2)c1. The Bertz CT molecular complexity index is 388. The van der Waals surface area contributed by atoms with Gasteiger partial charge in [-0.05, 0) is 37.0 Å². The van der Waals surface area contributed by atoms with Gasteiger partial charge in [0.05, 0.1) is 5.69 Å². The third-order valence-electron chi connectivity index (χ3n) is 2.44. The van der Waals surface area contributed by atoms with Crippen molar-refractivity contribution in [2.75, 3.05) is 11.1 Å². The first-order valence-corrected chi connectivity index (χ1v) is 5.00. The first kappa shape index (κ1) is 9.96. The van der Waals surface area contributed by atoms with E-state index in [1.54, 1.807) is 0 Å². The summed E-state index contributed by atoms with van der Waals surface area (Å²) < 4.78 is 13.2. The molecule has 0 radical (unpaired) electrons. The molecule has 3 nitrogen and oxygen atoms in total. The van der Waals surface area contributed by atoms with Crippen LogP contribution in [0, 0.1) is 11.7 Å². The number of nitrogens with two attached hydrogens (primary N) is 1. The van der Waals surface area contributed by atoms with E-state index in [0.29, 0.717) is 18.0 Å². The van der Waals surface area contributed by atoms with Gasteiger partial charge in [0, 0.05) is 12.1 Å².